The highest BCUT2D eigenvalue weighted by Gasteiger charge is 2.29. The third-order valence-corrected chi connectivity index (χ3v) is 4.86. The Morgan fingerprint density at radius 2 is 1.96 bits per heavy atom. The number of nitrogens with one attached hydrogen (secondary N) is 1. The molecule has 0 heterocycles. The van der Waals surface area contributed by atoms with Crippen molar-refractivity contribution in [2.75, 3.05) is 27.7 Å². The third-order valence-electron chi connectivity index (χ3n) is 4.86. The molecule has 5 nitrogen and oxygen atoms in total. The van der Waals surface area contributed by atoms with Crippen molar-refractivity contribution in [3.8, 4) is 5.75 Å². The average Bonchev–Trinajstić information content (AvgIpc) is 2.60. The summed E-state index contributed by atoms with van der Waals surface area (Å²) in [5, 5.41) is 3.04. The van der Waals surface area contributed by atoms with Crippen LogP contribution >= 0.6 is 0 Å². The number of hydrogen-bond donors (Lipinski definition) is 1. The lowest BCUT2D eigenvalue weighted by Crippen LogP contribution is -2.53. The van der Waals surface area contributed by atoms with Gasteiger partial charge in [-0.15, -0.1) is 0 Å². The van der Waals surface area contributed by atoms with Gasteiger partial charge in [-0.25, -0.2) is 0 Å². The van der Waals surface area contributed by atoms with Crippen LogP contribution < -0.4 is 10.1 Å². The minimum Gasteiger partial charge on any atom is -0.497 e. The summed E-state index contributed by atoms with van der Waals surface area (Å²) in [4.78, 5) is 14.5. The zero-order chi connectivity index (χ0) is 18.2. The summed E-state index contributed by atoms with van der Waals surface area (Å²) in [6.07, 6.45) is 1.47. The maximum atomic E-state index is 12.3. The molecule has 0 aromatic heterocycles. The molecule has 1 amide bonds. The van der Waals surface area contributed by atoms with Gasteiger partial charge in [0.05, 0.1) is 13.7 Å². The van der Waals surface area contributed by atoms with E-state index in [4.69, 9.17) is 9.47 Å². The molecule has 1 atom stereocenters. The van der Waals surface area contributed by atoms with Crippen LogP contribution in [0.4, 0.5) is 0 Å². The van der Waals surface area contributed by atoms with Gasteiger partial charge in [0.1, 0.15) is 11.9 Å². The van der Waals surface area contributed by atoms with Gasteiger partial charge in [0.2, 0.25) is 5.91 Å². The van der Waals surface area contributed by atoms with Crippen LogP contribution in [0.15, 0.2) is 24.3 Å². The molecule has 1 aromatic rings. The lowest BCUT2D eigenvalue weighted by atomic mass is 9.91. The summed E-state index contributed by atoms with van der Waals surface area (Å²) >= 11 is 0. The molecule has 0 spiro atoms. The molecule has 1 aromatic carbocycles. The van der Waals surface area contributed by atoms with Crippen molar-refractivity contribution >= 4 is 5.91 Å². The van der Waals surface area contributed by atoms with Gasteiger partial charge in [-0.2, -0.15) is 0 Å². The lowest BCUT2D eigenvalue weighted by molar-refractivity contribution is -0.133. The SMILES string of the molecule is CCC(CC)(CNC(=O)[C@H](C)OCc1cccc(OC)c1)N(C)C. The van der Waals surface area contributed by atoms with E-state index in [2.05, 4.69) is 38.2 Å². The second kappa shape index (κ2) is 9.64. The standard InChI is InChI=1S/C19H32N2O3/c1-7-19(8-2,21(4)5)14-20-18(22)15(3)24-13-16-10-9-11-17(12-16)23-6/h9-12,15H,7-8,13-14H2,1-6H3,(H,20,22)/t15-/m0/s1. The van der Waals surface area contributed by atoms with E-state index in [-0.39, 0.29) is 11.4 Å². The van der Waals surface area contributed by atoms with Crippen molar-refractivity contribution < 1.29 is 14.3 Å². The Hall–Kier alpha value is -1.59. The molecule has 0 aliphatic carbocycles. The Morgan fingerprint density at radius 3 is 2.50 bits per heavy atom. The Bertz CT molecular complexity index is 513. The molecule has 0 saturated carbocycles. The van der Waals surface area contributed by atoms with E-state index in [1.165, 1.54) is 0 Å². The third kappa shape index (κ3) is 5.49. The number of carbonyl (C=O) groups excluding carboxylic acids is 1. The molecule has 1 rings (SSSR count). The fourth-order valence-electron chi connectivity index (χ4n) is 2.75. The van der Waals surface area contributed by atoms with E-state index in [1.54, 1.807) is 14.0 Å². The van der Waals surface area contributed by atoms with E-state index >= 15 is 0 Å². The van der Waals surface area contributed by atoms with Crippen molar-refractivity contribution in [1.29, 1.82) is 0 Å². The number of rotatable bonds is 10. The van der Waals surface area contributed by atoms with Gasteiger partial charge in [-0.3, -0.25) is 4.79 Å². The number of methoxy groups -OCH3 is 1. The van der Waals surface area contributed by atoms with E-state index in [0.717, 1.165) is 24.2 Å². The first-order valence-electron chi connectivity index (χ1n) is 8.58. The topological polar surface area (TPSA) is 50.8 Å². The van der Waals surface area contributed by atoms with Gasteiger partial charge >= 0.3 is 0 Å². The molecule has 5 heteroatoms. The van der Waals surface area contributed by atoms with Gasteiger partial charge in [0.25, 0.3) is 0 Å². The number of nitrogens with zero attached hydrogens (tertiary/aromatic N) is 1. The fourth-order valence-corrected chi connectivity index (χ4v) is 2.75. The molecule has 24 heavy (non-hydrogen) atoms. The Kier molecular flexibility index (Phi) is 8.22. The molecule has 136 valence electrons. The van der Waals surface area contributed by atoms with Crippen LogP contribution in [0.2, 0.25) is 0 Å². The smallest absolute Gasteiger partial charge is 0.248 e. The van der Waals surface area contributed by atoms with Gasteiger partial charge < -0.3 is 19.7 Å². The zero-order valence-electron chi connectivity index (χ0n) is 15.9. The first-order chi connectivity index (χ1) is 11.4. The number of ether oxygens (including phenoxy) is 2. The van der Waals surface area contributed by atoms with Crippen LogP contribution in [0.5, 0.6) is 5.75 Å². The maximum absolute atomic E-state index is 12.3. The maximum Gasteiger partial charge on any atom is 0.248 e. The van der Waals surface area contributed by atoms with Gasteiger partial charge in [-0.05, 0) is 51.6 Å². The lowest BCUT2D eigenvalue weighted by Gasteiger charge is -2.39. The predicted molar refractivity (Wildman–Crippen MR) is 97.3 cm³/mol. The highest BCUT2D eigenvalue weighted by molar-refractivity contribution is 5.80. The van der Waals surface area contributed by atoms with Crippen molar-refractivity contribution in [3.63, 3.8) is 0 Å². The number of hydrogen-bond acceptors (Lipinski definition) is 4. The minimum atomic E-state index is -0.496. The largest absolute Gasteiger partial charge is 0.497 e. The Morgan fingerprint density at radius 1 is 1.29 bits per heavy atom. The number of benzene rings is 1. The van der Waals surface area contributed by atoms with Crippen LogP contribution in [0.3, 0.4) is 0 Å². The van der Waals surface area contributed by atoms with Crippen LogP contribution in [0.1, 0.15) is 39.2 Å². The quantitative estimate of drug-likeness (QED) is 0.714. The summed E-state index contributed by atoms with van der Waals surface area (Å²) < 4.78 is 10.9. The monoisotopic (exact) mass is 336 g/mol. The summed E-state index contributed by atoms with van der Waals surface area (Å²) in [7, 11) is 5.75. The number of amides is 1. The first kappa shape index (κ1) is 20.5. The zero-order valence-corrected chi connectivity index (χ0v) is 15.9. The highest BCUT2D eigenvalue weighted by atomic mass is 16.5. The van der Waals surface area contributed by atoms with E-state index in [1.807, 2.05) is 24.3 Å². The molecule has 0 saturated heterocycles. The molecule has 0 aliphatic rings. The van der Waals surface area contributed by atoms with Gasteiger partial charge in [0, 0.05) is 12.1 Å². The molecular weight excluding hydrogens is 304 g/mol. The summed E-state index contributed by atoms with van der Waals surface area (Å²) in [6, 6.07) is 7.67. The molecule has 0 unspecified atom stereocenters. The van der Waals surface area contributed by atoms with Gasteiger partial charge in [0.15, 0.2) is 0 Å². The van der Waals surface area contributed by atoms with Crippen LogP contribution in [-0.2, 0) is 16.1 Å². The fraction of sp³-hybridized carbons (Fsp3) is 0.632. The summed E-state index contributed by atoms with van der Waals surface area (Å²) in [5.41, 5.74) is 0.973. The van der Waals surface area contributed by atoms with Crippen LogP contribution in [0, 0.1) is 0 Å². The normalized spacial score (nSPS) is 13.0. The number of carbonyl (C=O) groups is 1. The average molecular weight is 336 g/mol. The second-order valence-corrected chi connectivity index (χ2v) is 6.35. The summed E-state index contributed by atoms with van der Waals surface area (Å²) in [5.74, 6) is 0.709. The second-order valence-electron chi connectivity index (χ2n) is 6.35. The van der Waals surface area contributed by atoms with Crippen molar-refractivity contribution in [1.82, 2.24) is 10.2 Å². The molecule has 0 aliphatic heterocycles. The van der Waals surface area contributed by atoms with Crippen molar-refractivity contribution in [3.05, 3.63) is 29.8 Å². The molecule has 0 bridgehead atoms. The van der Waals surface area contributed by atoms with Crippen LogP contribution in [0.25, 0.3) is 0 Å². The van der Waals surface area contributed by atoms with E-state index in [0.29, 0.717) is 13.2 Å². The van der Waals surface area contributed by atoms with E-state index in [9.17, 15) is 4.79 Å². The Labute approximate surface area is 146 Å². The predicted octanol–water partition coefficient (Wildman–Crippen LogP) is 2.84. The minimum absolute atomic E-state index is 0.0117. The molecule has 0 radical (unpaired) electrons. The molecule has 1 N–H and O–H groups in total. The first-order valence-corrected chi connectivity index (χ1v) is 8.58. The van der Waals surface area contributed by atoms with Gasteiger partial charge in [-0.1, -0.05) is 26.0 Å². The van der Waals surface area contributed by atoms with Crippen LogP contribution in [-0.4, -0.2) is 50.2 Å². The van der Waals surface area contributed by atoms with E-state index < -0.39 is 6.10 Å². The molecule has 0 fully saturated rings. The van der Waals surface area contributed by atoms with Crippen molar-refractivity contribution in [2.45, 2.75) is 51.9 Å². The van der Waals surface area contributed by atoms with Crippen molar-refractivity contribution in [2.24, 2.45) is 0 Å². The molecular formula is C19H32N2O3. The highest BCUT2D eigenvalue weighted by Crippen LogP contribution is 2.20. The summed E-state index contributed by atoms with van der Waals surface area (Å²) in [6.45, 7) is 7.09. The number of likely N-dealkylation sites (N-methyl/N-ethyl adjacent to an activating group) is 1. The Balaban J connectivity index is 2.52.